The highest BCUT2D eigenvalue weighted by Crippen LogP contribution is 2.29. The van der Waals surface area contributed by atoms with Crippen LogP contribution < -0.4 is 16.0 Å². The maximum atomic E-state index is 5.86. The lowest BCUT2D eigenvalue weighted by Gasteiger charge is -2.17. The van der Waals surface area contributed by atoms with E-state index < -0.39 is 0 Å². The number of hydrazine groups is 1. The number of aryl methyl sites for hydroxylation is 2. The minimum Gasteiger partial charge on any atom is -0.490 e. The first-order valence-corrected chi connectivity index (χ1v) is 7.46. The lowest BCUT2D eigenvalue weighted by atomic mass is 10.0. The Morgan fingerprint density at radius 3 is 2.86 bits per heavy atom. The number of rotatable bonds is 6. The first-order chi connectivity index (χ1) is 10.2. The smallest absolute Gasteiger partial charge is 0.120 e. The number of nitrogens with zero attached hydrogens (tertiary/aromatic N) is 2. The molecule has 1 heterocycles. The van der Waals surface area contributed by atoms with Crippen LogP contribution >= 0.6 is 0 Å². The molecule has 0 spiro atoms. The van der Waals surface area contributed by atoms with E-state index in [9.17, 15) is 0 Å². The van der Waals surface area contributed by atoms with Gasteiger partial charge in [0.25, 0.3) is 0 Å². The van der Waals surface area contributed by atoms with E-state index >= 15 is 0 Å². The lowest BCUT2D eigenvalue weighted by molar-refractivity contribution is 0.302. The summed E-state index contributed by atoms with van der Waals surface area (Å²) in [5, 5.41) is 4.49. The molecule has 0 amide bonds. The topological polar surface area (TPSA) is 65.1 Å². The van der Waals surface area contributed by atoms with Crippen molar-refractivity contribution in [3.8, 4) is 5.75 Å². The average Bonchev–Trinajstić information content (AvgIpc) is 3.22. The van der Waals surface area contributed by atoms with Gasteiger partial charge in [-0.1, -0.05) is 19.1 Å². The number of hydrogen-bond donors (Lipinski definition) is 2. The van der Waals surface area contributed by atoms with Crippen LogP contribution in [0, 0.1) is 0 Å². The Morgan fingerprint density at radius 2 is 2.24 bits per heavy atom. The summed E-state index contributed by atoms with van der Waals surface area (Å²) in [6, 6.07) is 10.1. The van der Waals surface area contributed by atoms with Crippen molar-refractivity contribution in [3.63, 3.8) is 0 Å². The molecule has 5 nitrogen and oxygen atoms in total. The molecule has 21 heavy (non-hydrogen) atoms. The minimum atomic E-state index is -0.0921. The fourth-order valence-electron chi connectivity index (χ4n) is 2.48. The van der Waals surface area contributed by atoms with Gasteiger partial charge in [0.1, 0.15) is 5.75 Å². The van der Waals surface area contributed by atoms with E-state index in [1.54, 1.807) is 0 Å². The maximum Gasteiger partial charge on any atom is 0.120 e. The second-order valence-corrected chi connectivity index (χ2v) is 5.53. The quantitative estimate of drug-likeness (QED) is 0.630. The van der Waals surface area contributed by atoms with Crippen molar-refractivity contribution in [2.24, 2.45) is 12.9 Å². The zero-order valence-electron chi connectivity index (χ0n) is 12.5. The summed E-state index contributed by atoms with van der Waals surface area (Å²) in [7, 11) is 1.95. The molecular weight excluding hydrogens is 264 g/mol. The van der Waals surface area contributed by atoms with Crippen LogP contribution in [0.3, 0.4) is 0 Å². The molecule has 1 aliphatic rings. The molecular formula is C16H22N4O. The van der Waals surface area contributed by atoms with Gasteiger partial charge in [0.15, 0.2) is 0 Å². The highest BCUT2D eigenvalue weighted by atomic mass is 16.5. The summed E-state index contributed by atoms with van der Waals surface area (Å²) >= 11 is 0. The third-order valence-corrected chi connectivity index (χ3v) is 3.81. The Labute approximate surface area is 125 Å². The summed E-state index contributed by atoms with van der Waals surface area (Å²) in [6.45, 7) is 2.10. The van der Waals surface area contributed by atoms with Crippen LogP contribution in [-0.2, 0) is 13.5 Å². The largest absolute Gasteiger partial charge is 0.490 e. The van der Waals surface area contributed by atoms with E-state index in [4.69, 9.17) is 10.6 Å². The molecule has 1 aromatic heterocycles. The number of aromatic nitrogens is 2. The second kappa shape index (κ2) is 5.87. The normalized spacial score (nSPS) is 16.0. The number of ether oxygens (including phenoxy) is 1. The van der Waals surface area contributed by atoms with Gasteiger partial charge in [-0.15, -0.1) is 0 Å². The Bertz CT molecular complexity index is 618. The molecule has 1 unspecified atom stereocenters. The van der Waals surface area contributed by atoms with Gasteiger partial charge < -0.3 is 4.74 Å². The molecule has 3 N–H and O–H groups in total. The molecule has 112 valence electrons. The van der Waals surface area contributed by atoms with Gasteiger partial charge in [-0.2, -0.15) is 5.10 Å². The van der Waals surface area contributed by atoms with Crippen molar-refractivity contribution in [2.75, 3.05) is 0 Å². The van der Waals surface area contributed by atoms with Crippen LogP contribution in [0.2, 0.25) is 0 Å². The van der Waals surface area contributed by atoms with Crippen molar-refractivity contribution < 1.29 is 4.74 Å². The molecule has 5 heteroatoms. The molecule has 1 aromatic carbocycles. The molecule has 3 rings (SSSR count). The van der Waals surface area contributed by atoms with Crippen molar-refractivity contribution in [1.82, 2.24) is 15.2 Å². The van der Waals surface area contributed by atoms with Gasteiger partial charge in [-0.3, -0.25) is 10.5 Å². The molecule has 0 bridgehead atoms. The van der Waals surface area contributed by atoms with E-state index in [2.05, 4.69) is 35.6 Å². The van der Waals surface area contributed by atoms with Gasteiger partial charge in [0, 0.05) is 7.05 Å². The van der Waals surface area contributed by atoms with Crippen LogP contribution in [-0.4, -0.2) is 15.9 Å². The van der Waals surface area contributed by atoms with Crippen molar-refractivity contribution >= 4 is 0 Å². The summed E-state index contributed by atoms with van der Waals surface area (Å²) in [5.41, 5.74) is 6.10. The van der Waals surface area contributed by atoms with E-state index in [-0.39, 0.29) is 6.04 Å². The average molecular weight is 286 g/mol. The molecule has 0 radical (unpaired) electrons. The van der Waals surface area contributed by atoms with Gasteiger partial charge in [-0.05, 0) is 43.0 Å². The third-order valence-electron chi connectivity index (χ3n) is 3.81. The van der Waals surface area contributed by atoms with Gasteiger partial charge >= 0.3 is 0 Å². The molecule has 1 atom stereocenters. The standard InChI is InChI=1S/C16H22N4O/c1-3-12-10-15(20(2)19-12)16(18-17)11-5-4-6-14(9-11)21-13-7-8-13/h4-6,9-10,13,16,18H,3,7-8,17H2,1-2H3. The number of benzene rings is 1. The fraction of sp³-hybridized carbons (Fsp3) is 0.438. The number of hydrogen-bond acceptors (Lipinski definition) is 4. The molecule has 1 fully saturated rings. The van der Waals surface area contributed by atoms with E-state index in [0.29, 0.717) is 6.10 Å². The second-order valence-electron chi connectivity index (χ2n) is 5.53. The van der Waals surface area contributed by atoms with Crippen LogP contribution in [0.15, 0.2) is 30.3 Å². The van der Waals surface area contributed by atoms with Crippen molar-refractivity contribution in [2.45, 2.75) is 38.3 Å². The summed E-state index contributed by atoms with van der Waals surface area (Å²) < 4.78 is 7.75. The summed E-state index contributed by atoms with van der Waals surface area (Å²) in [4.78, 5) is 0. The number of nitrogens with one attached hydrogen (secondary N) is 1. The first kappa shape index (κ1) is 14.1. The van der Waals surface area contributed by atoms with Crippen molar-refractivity contribution in [3.05, 3.63) is 47.3 Å². The molecule has 1 aliphatic carbocycles. The SMILES string of the molecule is CCc1cc(C(NN)c2cccc(OC3CC3)c2)n(C)n1. The Morgan fingerprint density at radius 1 is 1.43 bits per heavy atom. The first-order valence-electron chi connectivity index (χ1n) is 7.46. The lowest BCUT2D eigenvalue weighted by Crippen LogP contribution is -2.30. The fourth-order valence-corrected chi connectivity index (χ4v) is 2.48. The Hall–Kier alpha value is -1.85. The third kappa shape index (κ3) is 3.09. The zero-order valence-corrected chi connectivity index (χ0v) is 12.5. The predicted molar refractivity (Wildman–Crippen MR) is 81.8 cm³/mol. The summed E-state index contributed by atoms with van der Waals surface area (Å²) in [5.74, 6) is 6.70. The Balaban J connectivity index is 1.89. The number of nitrogens with two attached hydrogens (primary N) is 1. The van der Waals surface area contributed by atoms with Gasteiger partial charge in [0.05, 0.1) is 23.5 Å². The minimum absolute atomic E-state index is 0.0921. The highest BCUT2D eigenvalue weighted by molar-refractivity contribution is 5.35. The van der Waals surface area contributed by atoms with Crippen LogP contribution in [0.4, 0.5) is 0 Å². The summed E-state index contributed by atoms with van der Waals surface area (Å²) in [6.07, 6.45) is 3.62. The zero-order chi connectivity index (χ0) is 14.8. The predicted octanol–water partition coefficient (Wildman–Crippen LogP) is 2.08. The monoisotopic (exact) mass is 286 g/mol. The van der Waals surface area contributed by atoms with Crippen LogP contribution in [0.25, 0.3) is 0 Å². The van der Waals surface area contributed by atoms with E-state index in [1.165, 1.54) is 0 Å². The van der Waals surface area contributed by atoms with Gasteiger partial charge in [-0.25, -0.2) is 5.43 Å². The highest BCUT2D eigenvalue weighted by Gasteiger charge is 2.24. The van der Waals surface area contributed by atoms with E-state index in [1.807, 2.05) is 23.9 Å². The maximum absolute atomic E-state index is 5.86. The van der Waals surface area contributed by atoms with Gasteiger partial charge in [0.2, 0.25) is 0 Å². The molecule has 2 aromatic rings. The van der Waals surface area contributed by atoms with Crippen molar-refractivity contribution in [1.29, 1.82) is 0 Å². The van der Waals surface area contributed by atoms with Crippen LogP contribution in [0.1, 0.15) is 42.8 Å². The Kier molecular flexibility index (Phi) is 3.94. The molecule has 0 aliphatic heterocycles. The molecule has 0 saturated heterocycles. The van der Waals surface area contributed by atoms with Crippen LogP contribution in [0.5, 0.6) is 5.75 Å². The molecule has 1 saturated carbocycles. The van der Waals surface area contributed by atoms with E-state index in [0.717, 1.165) is 42.0 Å².